The summed E-state index contributed by atoms with van der Waals surface area (Å²) in [4.78, 5) is 10.4. The van der Waals surface area contributed by atoms with Crippen LogP contribution < -0.4 is 0 Å². The number of hydrogen-bond donors (Lipinski definition) is 1. The predicted molar refractivity (Wildman–Crippen MR) is 42.2 cm³/mol. The van der Waals surface area contributed by atoms with Crippen molar-refractivity contribution in [1.29, 1.82) is 0 Å². The molecule has 11 heavy (non-hydrogen) atoms. The van der Waals surface area contributed by atoms with Crippen LogP contribution in [0.25, 0.3) is 0 Å². The van der Waals surface area contributed by atoms with Crippen molar-refractivity contribution < 1.29 is 14.3 Å². The molecule has 0 unspecified atom stereocenters. The molecule has 0 saturated heterocycles. The quantitative estimate of drug-likeness (QED) is 0.693. The topological polar surface area (TPSA) is 50.4 Å². The minimum Gasteiger partial charge on any atom is -0.475 e. The average Bonchev–Trinajstić information content (AvgIpc) is 2.30. The van der Waals surface area contributed by atoms with Crippen molar-refractivity contribution in [2.45, 2.75) is 12.0 Å². The second kappa shape index (κ2) is 3.00. The third-order valence-corrected chi connectivity index (χ3v) is 1.89. The Bertz CT molecular complexity index is 277. The van der Waals surface area contributed by atoms with Crippen LogP contribution in [0.5, 0.6) is 0 Å². The second-order valence-corrected chi connectivity index (χ2v) is 2.90. The zero-order valence-corrected chi connectivity index (χ0v) is 7.07. The van der Waals surface area contributed by atoms with E-state index in [4.69, 9.17) is 9.52 Å². The fourth-order valence-electron chi connectivity index (χ4n) is 0.766. The summed E-state index contributed by atoms with van der Waals surface area (Å²) < 4.78 is 4.99. The Labute approximate surface area is 68.4 Å². The van der Waals surface area contributed by atoms with Gasteiger partial charge in [-0.2, -0.15) is 0 Å². The van der Waals surface area contributed by atoms with Crippen LogP contribution in [0.3, 0.4) is 0 Å². The number of carboxylic acids is 1. The van der Waals surface area contributed by atoms with Crippen molar-refractivity contribution >= 4 is 17.7 Å². The number of carbonyl (C=O) groups is 1. The molecule has 1 N–H and O–H groups in total. The van der Waals surface area contributed by atoms with Crippen molar-refractivity contribution in [3.63, 3.8) is 0 Å². The Morgan fingerprint density at radius 1 is 1.73 bits per heavy atom. The molecule has 0 fully saturated rings. The van der Waals surface area contributed by atoms with Gasteiger partial charge in [0, 0.05) is 5.56 Å². The van der Waals surface area contributed by atoms with Gasteiger partial charge in [0.25, 0.3) is 0 Å². The molecule has 60 valence electrons. The summed E-state index contributed by atoms with van der Waals surface area (Å²) in [5, 5.41) is 9.21. The first-order chi connectivity index (χ1) is 5.15. The van der Waals surface area contributed by atoms with Gasteiger partial charge in [0.2, 0.25) is 5.76 Å². The summed E-state index contributed by atoms with van der Waals surface area (Å²) in [5.74, 6) is -0.975. The van der Waals surface area contributed by atoms with Gasteiger partial charge in [-0.25, -0.2) is 4.79 Å². The summed E-state index contributed by atoms with van der Waals surface area (Å²) >= 11 is 1.39. The summed E-state index contributed by atoms with van der Waals surface area (Å²) in [7, 11) is 0. The van der Waals surface area contributed by atoms with Crippen LogP contribution in [0, 0.1) is 6.92 Å². The highest BCUT2D eigenvalue weighted by atomic mass is 32.2. The lowest BCUT2D eigenvalue weighted by Crippen LogP contribution is -1.94. The number of thioether (sulfide) groups is 1. The van der Waals surface area contributed by atoms with E-state index in [1.54, 1.807) is 13.0 Å². The SMILES string of the molecule is CSc1cc(C)c(C(=O)O)o1. The molecular weight excluding hydrogens is 164 g/mol. The number of furan rings is 1. The maximum atomic E-state index is 10.4. The van der Waals surface area contributed by atoms with Crippen LogP contribution >= 0.6 is 11.8 Å². The van der Waals surface area contributed by atoms with Crippen molar-refractivity contribution in [3.05, 3.63) is 17.4 Å². The highest BCUT2D eigenvalue weighted by Gasteiger charge is 2.13. The molecule has 0 aliphatic rings. The van der Waals surface area contributed by atoms with E-state index in [9.17, 15) is 4.79 Å². The van der Waals surface area contributed by atoms with E-state index in [1.807, 2.05) is 6.26 Å². The molecule has 0 bridgehead atoms. The molecule has 0 spiro atoms. The minimum absolute atomic E-state index is 0.0364. The van der Waals surface area contributed by atoms with Gasteiger partial charge in [0.15, 0.2) is 5.09 Å². The van der Waals surface area contributed by atoms with Gasteiger partial charge >= 0.3 is 5.97 Å². The lowest BCUT2D eigenvalue weighted by molar-refractivity contribution is 0.0655. The smallest absolute Gasteiger partial charge is 0.372 e. The van der Waals surface area contributed by atoms with Crippen molar-refractivity contribution in [2.24, 2.45) is 0 Å². The maximum Gasteiger partial charge on any atom is 0.372 e. The van der Waals surface area contributed by atoms with Gasteiger partial charge in [0.1, 0.15) is 0 Å². The normalized spacial score (nSPS) is 10.0. The summed E-state index contributed by atoms with van der Waals surface area (Å²) in [6, 6.07) is 1.72. The summed E-state index contributed by atoms with van der Waals surface area (Å²) in [6.45, 7) is 1.71. The van der Waals surface area contributed by atoms with Crippen LogP contribution in [0.15, 0.2) is 15.6 Å². The van der Waals surface area contributed by atoms with Gasteiger partial charge in [-0.1, -0.05) is 11.8 Å². The molecule has 0 atom stereocenters. The highest BCUT2D eigenvalue weighted by Crippen LogP contribution is 2.21. The van der Waals surface area contributed by atoms with E-state index >= 15 is 0 Å². The summed E-state index contributed by atoms with van der Waals surface area (Å²) in [5.41, 5.74) is 0.668. The number of carboxylic acid groups (broad SMARTS) is 1. The molecule has 0 aromatic carbocycles. The zero-order chi connectivity index (χ0) is 8.43. The Morgan fingerprint density at radius 3 is 2.64 bits per heavy atom. The third-order valence-electron chi connectivity index (χ3n) is 1.29. The molecule has 1 aromatic heterocycles. The molecule has 0 amide bonds. The minimum atomic E-state index is -1.01. The monoisotopic (exact) mass is 172 g/mol. The third kappa shape index (κ3) is 1.57. The van der Waals surface area contributed by atoms with Gasteiger partial charge in [-0.15, -0.1) is 0 Å². The number of hydrogen-bond acceptors (Lipinski definition) is 3. The van der Waals surface area contributed by atoms with Crippen molar-refractivity contribution in [2.75, 3.05) is 6.26 Å². The molecule has 0 radical (unpaired) electrons. The van der Waals surface area contributed by atoms with Gasteiger partial charge in [-0.3, -0.25) is 0 Å². The standard InChI is InChI=1S/C7H8O3S/c1-4-3-5(11-2)10-6(4)7(8)9/h3H,1-2H3,(H,8,9). The lowest BCUT2D eigenvalue weighted by atomic mass is 10.3. The number of rotatable bonds is 2. The Kier molecular flexibility index (Phi) is 2.24. The number of aromatic carboxylic acids is 1. The second-order valence-electron chi connectivity index (χ2n) is 2.09. The molecular formula is C7H8O3S. The fourth-order valence-corrected chi connectivity index (χ4v) is 1.23. The lowest BCUT2D eigenvalue weighted by Gasteiger charge is -1.87. The Morgan fingerprint density at radius 2 is 2.36 bits per heavy atom. The average molecular weight is 172 g/mol. The molecule has 3 nitrogen and oxygen atoms in total. The van der Waals surface area contributed by atoms with E-state index in [-0.39, 0.29) is 5.76 Å². The summed E-state index contributed by atoms with van der Waals surface area (Å²) in [6.07, 6.45) is 1.84. The largest absolute Gasteiger partial charge is 0.475 e. The molecule has 0 aliphatic heterocycles. The van der Waals surface area contributed by atoms with Crippen LogP contribution in [-0.2, 0) is 0 Å². The molecule has 0 saturated carbocycles. The first-order valence-corrected chi connectivity index (χ1v) is 4.25. The van der Waals surface area contributed by atoms with Crippen LogP contribution in [0.4, 0.5) is 0 Å². The Balaban J connectivity index is 3.07. The fraction of sp³-hybridized carbons (Fsp3) is 0.286. The van der Waals surface area contributed by atoms with Gasteiger partial charge in [0.05, 0.1) is 0 Å². The van der Waals surface area contributed by atoms with Gasteiger partial charge in [-0.05, 0) is 19.2 Å². The van der Waals surface area contributed by atoms with Crippen molar-refractivity contribution in [3.8, 4) is 0 Å². The molecule has 4 heteroatoms. The molecule has 1 aromatic rings. The van der Waals surface area contributed by atoms with E-state index in [1.165, 1.54) is 11.8 Å². The van der Waals surface area contributed by atoms with Gasteiger partial charge < -0.3 is 9.52 Å². The van der Waals surface area contributed by atoms with E-state index in [2.05, 4.69) is 0 Å². The van der Waals surface area contributed by atoms with E-state index in [0.717, 1.165) is 0 Å². The first kappa shape index (κ1) is 8.20. The number of aryl methyl sites for hydroxylation is 1. The zero-order valence-electron chi connectivity index (χ0n) is 6.25. The van der Waals surface area contributed by atoms with E-state index < -0.39 is 5.97 Å². The van der Waals surface area contributed by atoms with Crippen molar-refractivity contribution in [1.82, 2.24) is 0 Å². The van der Waals surface area contributed by atoms with Crippen LogP contribution in [0.2, 0.25) is 0 Å². The predicted octanol–water partition coefficient (Wildman–Crippen LogP) is 2.01. The van der Waals surface area contributed by atoms with Crippen LogP contribution in [-0.4, -0.2) is 17.3 Å². The highest BCUT2D eigenvalue weighted by molar-refractivity contribution is 7.98. The molecule has 1 heterocycles. The van der Waals surface area contributed by atoms with Crippen LogP contribution in [0.1, 0.15) is 16.1 Å². The maximum absolute atomic E-state index is 10.4. The first-order valence-electron chi connectivity index (χ1n) is 3.03. The van der Waals surface area contributed by atoms with E-state index in [0.29, 0.717) is 10.7 Å². The molecule has 1 rings (SSSR count). The molecule has 0 aliphatic carbocycles. The Hall–Kier alpha value is -0.900.